The first-order chi connectivity index (χ1) is 11.9. The summed E-state index contributed by atoms with van der Waals surface area (Å²) in [7, 11) is 0. The molecule has 4 atom stereocenters. The van der Waals surface area contributed by atoms with E-state index < -0.39 is 11.7 Å². The minimum atomic E-state index is -0.614. The average Bonchev–Trinajstić information content (AvgIpc) is 2.58. The van der Waals surface area contributed by atoms with Crippen LogP contribution in [0.3, 0.4) is 0 Å². The summed E-state index contributed by atoms with van der Waals surface area (Å²) in [6, 6.07) is 8.52. The van der Waals surface area contributed by atoms with E-state index in [4.69, 9.17) is 9.15 Å². The first-order valence-corrected chi connectivity index (χ1v) is 8.95. The molecular weight excluding hydrogens is 318 g/mol. The van der Waals surface area contributed by atoms with Crippen LogP contribution in [0.1, 0.15) is 40.0 Å². The molecule has 1 aromatic heterocycles. The van der Waals surface area contributed by atoms with Crippen molar-refractivity contribution in [2.45, 2.75) is 52.2 Å². The molecule has 1 saturated carbocycles. The molecule has 25 heavy (non-hydrogen) atoms. The van der Waals surface area contributed by atoms with Gasteiger partial charge in [-0.15, -0.1) is 0 Å². The highest BCUT2D eigenvalue weighted by molar-refractivity contribution is 5.81. The topological polar surface area (TPSA) is 68.5 Å². The van der Waals surface area contributed by atoms with E-state index in [-0.39, 0.29) is 11.9 Å². The standard InChI is InChI=1S/C20H25NO4/c1-12-5-4-6-17(13(12)2)21-20(23)14(3)24-16-9-7-15-8-10-19(22)25-18(15)11-16/h7-14,17H,4-6H2,1-3H3,(H,21,23). The number of amides is 1. The predicted molar refractivity (Wildman–Crippen MR) is 96.7 cm³/mol. The lowest BCUT2D eigenvalue weighted by Gasteiger charge is -2.35. The summed E-state index contributed by atoms with van der Waals surface area (Å²) in [6.45, 7) is 6.18. The van der Waals surface area contributed by atoms with Crippen molar-refractivity contribution in [1.29, 1.82) is 0 Å². The summed E-state index contributed by atoms with van der Waals surface area (Å²) >= 11 is 0. The third-order valence-electron chi connectivity index (χ3n) is 5.31. The monoisotopic (exact) mass is 343 g/mol. The molecule has 1 aromatic carbocycles. The van der Waals surface area contributed by atoms with E-state index in [0.29, 0.717) is 23.2 Å². The summed E-state index contributed by atoms with van der Waals surface area (Å²) in [4.78, 5) is 23.8. The van der Waals surface area contributed by atoms with Gasteiger partial charge < -0.3 is 14.5 Å². The maximum Gasteiger partial charge on any atom is 0.336 e. The molecule has 1 amide bonds. The van der Waals surface area contributed by atoms with Crippen molar-refractivity contribution >= 4 is 16.9 Å². The van der Waals surface area contributed by atoms with Crippen molar-refractivity contribution in [3.63, 3.8) is 0 Å². The minimum Gasteiger partial charge on any atom is -0.481 e. The Kier molecular flexibility index (Phi) is 5.11. The van der Waals surface area contributed by atoms with Gasteiger partial charge in [0, 0.05) is 23.6 Å². The molecule has 4 unspecified atom stereocenters. The zero-order chi connectivity index (χ0) is 18.0. The van der Waals surface area contributed by atoms with Crippen LogP contribution in [0.2, 0.25) is 0 Å². The van der Waals surface area contributed by atoms with Crippen molar-refractivity contribution in [2.24, 2.45) is 11.8 Å². The second-order valence-electron chi connectivity index (χ2n) is 7.10. The summed E-state index contributed by atoms with van der Waals surface area (Å²) < 4.78 is 10.9. The van der Waals surface area contributed by atoms with Gasteiger partial charge in [0.25, 0.3) is 5.91 Å². The molecule has 1 fully saturated rings. The zero-order valence-corrected chi connectivity index (χ0v) is 15.0. The zero-order valence-electron chi connectivity index (χ0n) is 15.0. The van der Waals surface area contributed by atoms with Crippen LogP contribution < -0.4 is 15.7 Å². The molecule has 0 spiro atoms. The summed E-state index contributed by atoms with van der Waals surface area (Å²) in [5.74, 6) is 1.49. The van der Waals surface area contributed by atoms with Crippen LogP contribution in [0.4, 0.5) is 0 Å². The maximum absolute atomic E-state index is 12.5. The van der Waals surface area contributed by atoms with E-state index in [1.165, 1.54) is 12.5 Å². The van der Waals surface area contributed by atoms with Crippen LogP contribution in [0.25, 0.3) is 11.0 Å². The number of hydrogen-bond donors (Lipinski definition) is 1. The van der Waals surface area contributed by atoms with Gasteiger partial charge in [-0.3, -0.25) is 4.79 Å². The van der Waals surface area contributed by atoms with E-state index >= 15 is 0 Å². The van der Waals surface area contributed by atoms with Gasteiger partial charge in [0.2, 0.25) is 0 Å². The SMILES string of the molecule is CC(Oc1ccc2ccc(=O)oc2c1)C(=O)NC1CCCC(C)C1C. The first-order valence-electron chi connectivity index (χ1n) is 8.95. The van der Waals surface area contributed by atoms with Gasteiger partial charge in [0.15, 0.2) is 6.10 Å². The second kappa shape index (κ2) is 7.30. The number of carbonyl (C=O) groups is 1. The summed E-state index contributed by atoms with van der Waals surface area (Å²) in [6.07, 6.45) is 2.78. The number of carbonyl (C=O) groups excluding carboxylic acids is 1. The Hall–Kier alpha value is -2.30. The van der Waals surface area contributed by atoms with Gasteiger partial charge >= 0.3 is 5.63 Å². The van der Waals surface area contributed by atoms with Crippen LogP contribution in [-0.4, -0.2) is 18.1 Å². The number of fused-ring (bicyclic) bond motifs is 1. The normalized spacial score (nSPS) is 24.7. The Labute approximate surface area is 147 Å². The lowest BCUT2D eigenvalue weighted by atomic mass is 9.78. The molecule has 1 heterocycles. The molecule has 0 saturated heterocycles. The molecule has 1 aliphatic rings. The number of hydrogen-bond acceptors (Lipinski definition) is 4. The van der Waals surface area contributed by atoms with Crippen LogP contribution in [0.5, 0.6) is 5.75 Å². The number of rotatable bonds is 4. The van der Waals surface area contributed by atoms with Crippen LogP contribution in [0, 0.1) is 11.8 Å². The maximum atomic E-state index is 12.5. The molecule has 5 nitrogen and oxygen atoms in total. The van der Waals surface area contributed by atoms with Gasteiger partial charge in [-0.05, 0) is 43.4 Å². The van der Waals surface area contributed by atoms with Gasteiger partial charge in [0.05, 0.1) is 0 Å². The van der Waals surface area contributed by atoms with Crippen LogP contribution in [-0.2, 0) is 4.79 Å². The van der Waals surface area contributed by atoms with E-state index in [2.05, 4.69) is 19.2 Å². The molecular formula is C20H25NO4. The summed E-state index contributed by atoms with van der Waals surface area (Å²) in [5.41, 5.74) is 0.0446. The number of nitrogens with one attached hydrogen (secondary N) is 1. The minimum absolute atomic E-state index is 0.111. The van der Waals surface area contributed by atoms with Crippen molar-refractivity contribution < 1.29 is 13.9 Å². The third kappa shape index (κ3) is 4.03. The fourth-order valence-corrected chi connectivity index (χ4v) is 3.46. The van der Waals surface area contributed by atoms with Crippen molar-refractivity contribution in [3.8, 4) is 5.75 Å². The summed E-state index contributed by atoms with van der Waals surface area (Å²) in [5, 5.41) is 3.94. The van der Waals surface area contributed by atoms with Crippen LogP contribution >= 0.6 is 0 Å². The van der Waals surface area contributed by atoms with Crippen molar-refractivity contribution in [1.82, 2.24) is 5.32 Å². The van der Waals surface area contributed by atoms with Gasteiger partial charge in [-0.1, -0.05) is 26.7 Å². The molecule has 0 radical (unpaired) electrons. The van der Waals surface area contributed by atoms with Crippen molar-refractivity contribution in [3.05, 3.63) is 40.8 Å². The lowest BCUT2D eigenvalue weighted by molar-refractivity contribution is -0.128. The Balaban J connectivity index is 1.66. The third-order valence-corrected chi connectivity index (χ3v) is 5.31. The highest BCUT2D eigenvalue weighted by Crippen LogP contribution is 2.29. The Morgan fingerprint density at radius 1 is 1.24 bits per heavy atom. The van der Waals surface area contributed by atoms with Crippen LogP contribution in [0.15, 0.2) is 39.5 Å². The molecule has 0 aliphatic heterocycles. The Morgan fingerprint density at radius 3 is 2.80 bits per heavy atom. The molecule has 0 bridgehead atoms. The van der Waals surface area contributed by atoms with Gasteiger partial charge in [-0.2, -0.15) is 0 Å². The predicted octanol–water partition coefficient (Wildman–Crippen LogP) is 3.50. The second-order valence-corrected chi connectivity index (χ2v) is 7.10. The van der Waals surface area contributed by atoms with Gasteiger partial charge in [0.1, 0.15) is 11.3 Å². The van der Waals surface area contributed by atoms with E-state index in [1.807, 2.05) is 6.07 Å². The highest BCUT2D eigenvalue weighted by atomic mass is 16.5. The quantitative estimate of drug-likeness (QED) is 0.863. The lowest BCUT2D eigenvalue weighted by Crippen LogP contribution is -2.48. The largest absolute Gasteiger partial charge is 0.481 e. The molecule has 134 valence electrons. The molecule has 2 aromatic rings. The number of ether oxygens (including phenoxy) is 1. The fraction of sp³-hybridized carbons (Fsp3) is 0.500. The molecule has 1 N–H and O–H groups in total. The molecule has 3 rings (SSSR count). The van der Waals surface area contributed by atoms with Crippen molar-refractivity contribution in [2.75, 3.05) is 0 Å². The first kappa shape index (κ1) is 17.5. The van der Waals surface area contributed by atoms with E-state index in [0.717, 1.165) is 18.2 Å². The Morgan fingerprint density at radius 2 is 2.00 bits per heavy atom. The smallest absolute Gasteiger partial charge is 0.336 e. The highest BCUT2D eigenvalue weighted by Gasteiger charge is 2.29. The van der Waals surface area contributed by atoms with E-state index in [9.17, 15) is 9.59 Å². The number of benzene rings is 1. The Bertz CT molecular complexity index is 813. The fourth-order valence-electron chi connectivity index (χ4n) is 3.46. The average molecular weight is 343 g/mol. The molecule has 1 aliphatic carbocycles. The molecule has 5 heteroatoms. The van der Waals surface area contributed by atoms with Gasteiger partial charge in [-0.25, -0.2) is 4.79 Å². The van der Waals surface area contributed by atoms with E-state index in [1.54, 1.807) is 25.1 Å².